The molecule has 0 aliphatic carbocycles. The molecule has 0 aliphatic rings. The fourth-order valence-electron chi connectivity index (χ4n) is 1.37. The first-order valence-corrected chi connectivity index (χ1v) is 7.84. The van der Waals surface area contributed by atoms with Gasteiger partial charge in [0.05, 0.1) is 18.0 Å². The first kappa shape index (κ1) is 15.6. The van der Waals surface area contributed by atoms with Crippen molar-refractivity contribution in [3.63, 3.8) is 0 Å². The molecule has 0 spiro atoms. The maximum atomic E-state index is 11.1. The van der Waals surface area contributed by atoms with Gasteiger partial charge >= 0.3 is 0 Å². The highest BCUT2D eigenvalue weighted by Crippen LogP contribution is 2.31. The van der Waals surface area contributed by atoms with Crippen molar-refractivity contribution in [2.24, 2.45) is 5.73 Å². The Labute approximate surface area is 116 Å². The second-order valence-corrected chi connectivity index (χ2v) is 6.71. The van der Waals surface area contributed by atoms with E-state index in [1.165, 1.54) is 12.1 Å². The number of ether oxygens (including phenoxy) is 1. The van der Waals surface area contributed by atoms with Crippen LogP contribution in [0.1, 0.15) is 16.8 Å². The van der Waals surface area contributed by atoms with Crippen LogP contribution in [0.2, 0.25) is 5.02 Å². The summed E-state index contributed by atoms with van der Waals surface area (Å²) in [7, 11) is -3.03. The van der Waals surface area contributed by atoms with Crippen LogP contribution in [0.4, 0.5) is 5.69 Å². The molecule has 0 saturated heterocycles. The minimum Gasteiger partial charge on any atom is -0.492 e. The molecular formula is C11H15ClN2O4S. The number of rotatable bonds is 6. The lowest BCUT2D eigenvalue weighted by Gasteiger charge is -2.10. The first-order valence-electron chi connectivity index (χ1n) is 5.40. The highest BCUT2D eigenvalue weighted by molar-refractivity contribution is 7.90. The van der Waals surface area contributed by atoms with Gasteiger partial charge < -0.3 is 16.2 Å². The number of anilines is 1. The number of sulfone groups is 1. The third kappa shape index (κ3) is 4.96. The second kappa shape index (κ2) is 6.12. The highest BCUT2D eigenvalue weighted by Gasteiger charge is 2.11. The van der Waals surface area contributed by atoms with Crippen molar-refractivity contribution in [3.05, 3.63) is 22.7 Å². The fraction of sp³-hybridized carbons (Fsp3) is 0.364. The van der Waals surface area contributed by atoms with Crippen LogP contribution in [0.15, 0.2) is 12.1 Å². The summed E-state index contributed by atoms with van der Waals surface area (Å²) in [6.07, 6.45) is 1.46. The topological polar surface area (TPSA) is 112 Å². The minimum atomic E-state index is -3.03. The molecule has 0 aromatic heterocycles. The Morgan fingerprint density at radius 2 is 2.05 bits per heavy atom. The van der Waals surface area contributed by atoms with E-state index < -0.39 is 15.7 Å². The maximum Gasteiger partial charge on any atom is 0.248 e. The summed E-state index contributed by atoms with van der Waals surface area (Å²) in [5, 5.41) is 0.171. The lowest BCUT2D eigenvalue weighted by Crippen LogP contribution is -2.12. The van der Waals surface area contributed by atoms with Crippen molar-refractivity contribution >= 4 is 33.0 Å². The van der Waals surface area contributed by atoms with Gasteiger partial charge in [-0.1, -0.05) is 11.6 Å². The number of amides is 1. The van der Waals surface area contributed by atoms with Crippen molar-refractivity contribution in [1.29, 1.82) is 0 Å². The molecule has 0 aliphatic heterocycles. The molecule has 0 radical (unpaired) electrons. The van der Waals surface area contributed by atoms with Crippen molar-refractivity contribution in [1.82, 2.24) is 0 Å². The molecule has 6 nitrogen and oxygen atoms in total. The zero-order valence-electron chi connectivity index (χ0n) is 10.3. The Morgan fingerprint density at radius 1 is 1.42 bits per heavy atom. The summed E-state index contributed by atoms with van der Waals surface area (Å²) in [5.41, 5.74) is 11.1. The normalized spacial score (nSPS) is 11.3. The van der Waals surface area contributed by atoms with Crippen LogP contribution >= 0.6 is 11.6 Å². The van der Waals surface area contributed by atoms with Gasteiger partial charge in [-0.25, -0.2) is 8.42 Å². The van der Waals surface area contributed by atoms with E-state index in [1.807, 2.05) is 0 Å². The van der Waals surface area contributed by atoms with Crippen LogP contribution in [0.25, 0.3) is 0 Å². The monoisotopic (exact) mass is 306 g/mol. The Bertz CT molecular complexity index is 587. The van der Waals surface area contributed by atoms with Gasteiger partial charge in [0.15, 0.2) is 0 Å². The van der Waals surface area contributed by atoms with Crippen LogP contribution in [-0.2, 0) is 9.84 Å². The summed E-state index contributed by atoms with van der Waals surface area (Å²) in [5.74, 6) is -0.427. The Morgan fingerprint density at radius 3 is 2.58 bits per heavy atom. The molecule has 0 saturated carbocycles. The molecule has 0 heterocycles. The SMILES string of the molecule is CS(=O)(=O)CCCOc1cc(C(N)=O)cc(N)c1Cl. The Hall–Kier alpha value is -1.47. The Balaban J connectivity index is 2.75. The van der Waals surface area contributed by atoms with E-state index in [-0.39, 0.29) is 34.4 Å². The third-order valence-corrected chi connectivity index (χ3v) is 3.70. The van der Waals surface area contributed by atoms with Crippen molar-refractivity contribution in [2.75, 3.05) is 24.3 Å². The predicted octanol–water partition coefficient (Wildman–Crippen LogP) is 0.835. The molecule has 4 N–H and O–H groups in total. The van der Waals surface area contributed by atoms with Crippen molar-refractivity contribution < 1.29 is 17.9 Å². The summed E-state index contributed by atoms with van der Waals surface area (Å²) in [6, 6.07) is 2.73. The van der Waals surface area contributed by atoms with Gasteiger partial charge in [-0.05, 0) is 18.6 Å². The molecule has 1 aromatic carbocycles. The number of benzene rings is 1. The minimum absolute atomic E-state index is 0.00954. The summed E-state index contributed by atoms with van der Waals surface area (Å²) in [6.45, 7) is 0.147. The lowest BCUT2D eigenvalue weighted by atomic mass is 10.2. The van der Waals surface area contributed by atoms with E-state index in [0.717, 1.165) is 6.26 Å². The van der Waals surface area contributed by atoms with E-state index >= 15 is 0 Å². The van der Waals surface area contributed by atoms with E-state index in [0.29, 0.717) is 6.42 Å². The summed E-state index contributed by atoms with van der Waals surface area (Å²) in [4.78, 5) is 11.1. The van der Waals surface area contributed by atoms with Crippen LogP contribution in [0.5, 0.6) is 5.75 Å². The molecule has 0 bridgehead atoms. The van der Waals surface area contributed by atoms with Gasteiger partial charge in [-0.15, -0.1) is 0 Å². The van der Waals surface area contributed by atoms with Crippen LogP contribution in [-0.4, -0.2) is 32.9 Å². The fourth-order valence-corrected chi connectivity index (χ4v) is 2.18. The van der Waals surface area contributed by atoms with Gasteiger partial charge in [0.1, 0.15) is 20.6 Å². The van der Waals surface area contributed by atoms with E-state index in [1.54, 1.807) is 0 Å². The molecule has 1 rings (SSSR count). The highest BCUT2D eigenvalue weighted by atomic mass is 35.5. The quantitative estimate of drug-likeness (QED) is 0.597. The number of primary amides is 1. The molecule has 1 amide bonds. The zero-order chi connectivity index (χ0) is 14.6. The lowest BCUT2D eigenvalue weighted by molar-refractivity contribution is 0.1000. The number of carbonyl (C=O) groups excluding carboxylic acids is 1. The zero-order valence-corrected chi connectivity index (χ0v) is 11.9. The molecule has 8 heteroatoms. The van der Waals surface area contributed by atoms with E-state index in [9.17, 15) is 13.2 Å². The standard InChI is InChI=1S/C11H15ClN2O4S/c1-19(16,17)4-2-3-18-9-6-7(11(14)15)5-8(13)10(9)12/h5-6H,2-4,13H2,1H3,(H2,14,15). The number of nitrogens with two attached hydrogens (primary N) is 2. The molecule has 1 aromatic rings. The van der Waals surface area contributed by atoms with Crippen LogP contribution in [0, 0.1) is 0 Å². The number of carbonyl (C=O) groups is 1. The van der Waals surface area contributed by atoms with Gasteiger partial charge in [0.2, 0.25) is 5.91 Å². The van der Waals surface area contributed by atoms with Crippen molar-refractivity contribution in [3.8, 4) is 5.75 Å². The Kier molecular flexibility index (Phi) is 5.02. The number of halogens is 1. The molecule has 0 unspecified atom stereocenters. The number of hydrogen-bond acceptors (Lipinski definition) is 5. The number of hydrogen-bond donors (Lipinski definition) is 2. The van der Waals surface area contributed by atoms with Crippen LogP contribution < -0.4 is 16.2 Å². The second-order valence-electron chi connectivity index (χ2n) is 4.07. The van der Waals surface area contributed by atoms with Gasteiger partial charge in [-0.3, -0.25) is 4.79 Å². The van der Waals surface area contributed by atoms with Gasteiger partial charge in [0.25, 0.3) is 0 Å². The molecule has 0 fully saturated rings. The van der Waals surface area contributed by atoms with Gasteiger partial charge in [0, 0.05) is 11.8 Å². The van der Waals surface area contributed by atoms with Crippen molar-refractivity contribution in [2.45, 2.75) is 6.42 Å². The van der Waals surface area contributed by atoms with Crippen LogP contribution in [0.3, 0.4) is 0 Å². The number of nitrogen functional groups attached to an aromatic ring is 1. The van der Waals surface area contributed by atoms with E-state index in [2.05, 4.69) is 0 Å². The molecule has 106 valence electrons. The van der Waals surface area contributed by atoms with E-state index in [4.69, 9.17) is 27.8 Å². The molecule has 0 atom stereocenters. The smallest absolute Gasteiger partial charge is 0.248 e. The van der Waals surface area contributed by atoms with Gasteiger partial charge in [-0.2, -0.15) is 0 Å². The molecule has 19 heavy (non-hydrogen) atoms. The first-order chi connectivity index (χ1) is 8.70. The largest absolute Gasteiger partial charge is 0.492 e. The predicted molar refractivity (Wildman–Crippen MR) is 74.2 cm³/mol. The average Bonchev–Trinajstić information content (AvgIpc) is 2.27. The third-order valence-electron chi connectivity index (χ3n) is 2.27. The summed E-state index contributed by atoms with van der Waals surface area (Å²) < 4.78 is 27.2. The average molecular weight is 307 g/mol. The molecular weight excluding hydrogens is 292 g/mol. The summed E-state index contributed by atoms with van der Waals surface area (Å²) >= 11 is 5.92. The maximum absolute atomic E-state index is 11.1.